The van der Waals surface area contributed by atoms with Crippen molar-refractivity contribution in [3.8, 4) is 0 Å². The largest absolute Gasteiger partial charge is 0.301 e. The minimum atomic E-state index is -0.681. The van der Waals surface area contributed by atoms with Gasteiger partial charge in [-0.25, -0.2) is 0 Å². The average Bonchev–Trinajstić information content (AvgIpc) is 2.98. The van der Waals surface area contributed by atoms with Gasteiger partial charge in [-0.1, -0.05) is 51.4 Å². The van der Waals surface area contributed by atoms with Crippen LogP contribution in [0.15, 0.2) is 46.6 Å². The van der Waals surface area contributed by atoms with Crippen molar-refractivity contribution in [1.82, 2.24) is 0 Å². The maximum absolute atomic E-state index is 11.2. The minimum absolute atomic E-state index is 0.105. The first-order valence-corrected chi connectivity index (χ1v) is 14.4. The predicted octanol–water partition coefficient (Wildman–Crippen LogP) is 8.28. The lowest BCUT2D eigenvalue weighted by molar-refractivity contribution is -0.393. The molecule has 2 aromatic carbocycles. The molecule has 0 amide bonds. The van der Waals surface area contributed by atoms with E-state index in [0.29, 0.717) is 0 Å². The van der Waals surface area contributed by atoms with Gasteiger partial charge in [0.05, 0.1) is 31.8 Å². The van der Waals surface area contributed by atoms with E-state index in [0.717, 1.165) is 101 Å². The van der Waals surface area contributed by atoms with Crippen molar-refractivity contribution >= 4 is 45.5 Å². The molecule has 238 valence electrons. The molecule has 2 N–H and O–H groups in total. The molecule has 16 nitrogen and oxygen atoms in total. The molecule has 44 heavy (non-hydrogen) atoms. The Bertz CT molecular complexity index is 1280. The third kappa shape index (κ3) is 12.5. The molecule has 0 aliphatic rings. The van der Waals surface area contributed by atoms with Crippen LogP contribution in [0.3, 0.4) is 0 Å². The van der Waals surface area contributed by atoms with Gasteiger partial charge in [0.15, 0.2) is 0 Å². The van der Waals surface area contributed by atoms with E-state index in [1.807, 2.05) is 13.8 Å². The molecule has 16 heteroatoms. The highest BCUT2D eigenvalue weighted by Gasteiger charge is 2.20. The van der Waals surface area contributed by atoms with Gasteiger partial charge in [-0.3, -0.25) is 51.3 Å². The van der Waals surface area contributed by atoms with Crippen molar-refractivity contribution in [3.63, 3.8) is 0 Å². The summed E-state index contributed by atoms with van der Waals surface area (Å²) in [5.41, 5.74) is 5.60. The number of nitrogens with zero attached hydrogens (tertiary/aromatic N) is 6. The second-order valence-electron chi connectivity index (χ2n) is 10.4. The van der Waals surface area contributed by atoms with Gasteiger partial charge >= 0.3 is 11.4 Å². The van der Waals surface area contributed by atoms with Crippen LogP contribution in [0, 0.1) is 40.5 Å². The SMILES string of the molecule is CC(CCCCCCCCCCCCC(C)=NNc1ccc([N+](=O)[O-])cc1[N+](=O)[O-])=NNc1ccc([N+](=O)[O-])cc1[N+](=O)[O-]. The normalized spacial score (nSPS) is 11.7. The van der Waals surface area contributed by atoms with E-state index < -0.39 is 31.1 Å². The fraction of sp³-hybridized carbons (Fsp3) is 0.500. The molecule has 0 fully saturated rings. The molecule has 2 aromatic rings. The van der Waals surface area contributed by atoms with Crippen LogP contribution < -0.4 is 10.9 Å². The standard InChI is InChI=1S/C28H38N8O8/c1-21(29-31-25-17-15-23(33(37)38)19-27(25)35(41)42)13-11-9-7-5-3-4-6-8-10-12-14-22(2)30-32-26-18-16-24(34(39)40)20-28(26)36(43)44/h15-20,31-32H,3-14H2,1-2H3. The van der Waals surface area contributed by atoms with Gasteiger partial charge < -0.3 is 0 Å². The fourth-order valence-corrected chi connectivity index (χ4v) is 4.36. The van der Waals surface area contributed by atoms with Crippen LogP contribution in [0.25, 0.3) is 0 Å². The summed E-state index contributed by atoms with van der Waals surface area (Å²) >= 11 is 0. The first-order chi connectivity index (χ1) is 21.0. The van der Waals surface area contributed by atoms with Crippen LogP contribution in [0.4, 0.5) is 34.1 Å². The number of nitro benzene ring substituents is 4. The van der Waals surface area contributed by atoms with Crippen molar-refractivity contribution in [2.75, 3.05) is 10.9 Å². The molecule has 0 aliphatic carbocycles. The number of rotatable bonds is 21. The van der Waals surface area contributed by atoms with E-state index >= 15 is 0 Å². The molecular weight excluding hydrogens is 576 g/mol. The first-order valence-electron chi connectivity index (χ1n) is 14.4. The first kappa shape index (κ1) is 35.2. The Kier molecular flexibility index (Phi) is 14.8. The quantitative estimate of drug-likeness (QED) is 0.0592. The number of nitrogens with one attached hydrogen (secondary N) is 2. The van der Waals surface area contributed by atoms with Crippen LogP contribution in [0.2, 0.25) is 0 Å². The lowest BCUT2D eigenvalue weighted by atomic mass is 10.0. The summed E-state index contributed by atoms with van der Waals surface area (Å²) in [6.07, 6.45) is 12.4. The summed E-state index contributed by atoms with van der Waals surface area (Å²) in [6, 6.07) is 6.78. The monoisotopic (exact) mass is 614 g/mol. The third-order valence-electron chi connectivity index (χ3n) is 6.84. The van der Waals surface area contributed by atoms with E-state index in [-0.39, 0.29) is 22.7 Å². The van der Waals surface area contributed by atoms with Crippen LogP contribution in [0.1, 0.15) is 90.9 Å². The van der Waals surface area contributed by atoms with Gasteiger partial charge in [0.25, 0.3) is 11.4 Å². The van der Waals surface area contributed by atoms with Crippen molar-refractivity contribution in [1.29, 1.82) is 0 Å². The van der Waals surface area contributed by atoms with Gasteiger partial charge in [0, 0.05) is 23.6 Å². The van der Waals surface area contributed by atoms with Crippen molar-refractivity contribution in [3.05, 3.63) is 76.9 Å². The second-order valence-corrected chi connectivity index (χ2v) is 10.4. The van der Waals surface area contributed by atoms with Crippen molar-refractivity contribution in [2.24, 2.45) is 10.2 Å². The fourth-order valence-electron chi connectivity index (χ4n) is 4.36. The molecule has 0 spiro atoms. The Balaban J connectivity index is 1.54. The van der Waals surface area contributed by atoms with E-state index in [1.54, 1.807) is 0 Å². The number of hydrogen-bond acceptors (Lipinski definition) is 12. The lowest BCUT2D eigenvalue weighted by Crippen LogP contribution is -2.01. The molecule has 0 saturated carbocycles. The predicted molar refractivity (Wildman–Crippen MR) is 168 cm³/mol. The van der Waals surface area contributed by atoms with Gasteiger partial charge in [-0.05, 0) is 51.7 Å². The summed E-state index contributed by atoms with van der Waals surface area (Å²) < 4.78 is 0. The molecule has 0 atom stereocenters. The maximum atomic E-state index is 11.2. The smallest absolute Gasteiger partial charge is 0.272 e. The number of unbranched alkanes of at least 4 members (excludes halogenated alkanes) is 9. The molecular formula is C28H38N8O8. The number of hydrazone groups is 2. The van der Waals surface area contributed by atoms with Crippen LogP contribution in [0.5, 0.6) is 0 Å². The zero-order valence-corrected chi connectivity index (χ0v) is 24.9. The molecule has 2 rings (SSSR count). The van der Waals surface area contributed by atoms with Gasteiger partial charge in [0.2, 0.25) is 0 Å². The molecule has 0 aromatic heterocycles. The Morgan fingerprint density at radius 2 is 0.864 bits per heavy atom. The minimum Gasteiger partial charge on any atom is -0.272 e. The highest BCUT2D eigenvalue weighted by Crippen LogP contribution is 2.30. The van der Waals surface area contributed by atoms with E-state index in [1.165, 1.54) is 24.3 Å². The van der Waals surface area contributed by atoms with Crippen LogP contribution in [-0.2, 0) is 0 Å². The number of non-ortho nitro benzene ring substituents is 2. The maximum Gasteiger partial charge on any atom is 0.301 e. The summed E-state index contributed by atoms with van der Waals surface area (Å²) in [4.78, 5) is 41.4. The Morgan fingerprint density at radius 3 is 1.16 bits per heavy atom. The molecule has 0 unspecified atom stereocenters. The van der Waals surface area contributed by atoms with Crippen LogP contribution in [-0.4, -0.2) is 31.1 Å². The van der Waals surface area contributed by atoms with Gasteiger partial charge in [0.1, 0.15) is 11.4 Å². The van der Waals surface area contributed by atoms with Crippen molar-refractivity contribution < 1.29 is 19.7 Å². The number of hydrogen-bond donors (Lipinski definition) is 2. The second kappa shape index (κ2) is 18.5. The molecule has 0 radical (unpaired) electrons. The average molecular weight is 615 g/mol. The third-order valence-corrected chi connectivity index (χ3v) is 6.84. The summed E-state index contributed by atoms with van der Waals surface area (Å²) in [5.74, 6) is 0. The Morgan fingerprint density at radius 1 is 0.545 bits per heavy atom. The van der Waals surface area contributed by atoms with Crippen molar-refractivity contribution in [2.45, 2.75) is 90.9 Å². The summed E-state index contributed by atoms with van der Waals surface area (Å²) in [7, 11) is 0. The zero-order valence-electron chi connectivity index (χ0n) is 24.9. The van der Waals surface area contributed by atoms with E-state index in [2.05, 4.69) is 21.1 Å². The Labute approximate surface area is 254 Å². The van der Waals surface area contributed by atoms with Crippen LogP contribution >= 0.6 is 0 Å². The number of anilines is 2. The summed E-state index contributed by atoms with van der Waals surface area (Å²) in [5, 5.41) is 52.5. The summed E-state index contributed by atoms with van der Waals surface area (Å²) in [6.45, 7) is 3.66. The molecule has 0 heterocycles. The van der Waals surface area contributed by atoms with Gasteiger partial charge in [-0.2, -0.15) is 10.2 Å². The van der Waals surface area contributed by atoms with E-state index in [9.17, 15) is 40.5 Å². The number of benzene rings is 2. The topological polar surface area (TPSA) is 221 Å². The number of nitro groups is 4. The van der Waals surface area contributed by atoms with E-state index in [4.69, 9.17) is 0 Å². The highest BCUT2D eigenvalue weighted by molar-refractivity contribution is 5.83. The molecule has 0 saturated heterocycles. The molecule has 0 bridgehead atoms. The Hall–Kier alpha value is -5.02. The molecule has 0 aliphatic heterocycles. The lowest BCUT2D eigenvalue weighted by Gasteiger charge is -2.06. The highest BCUT2D eigenvalue weighted by atomic mass is 16.6. The zero-order chi connectivity index (χ0) is 32.5. The van der Waals surface area contributed by atoms with Gasteiger partial charge in [-0.15, -0.1) is 0 Å².